The molecule has 1 aliphatic rings. The van der Waals surface area contributed by atoms with Crippen molar-refractivity contribution >= 4 is 17.6 Å². The van der Waals surface area contributed by atoms with Crippen LogP contribution >= 0.6 is 11.8 Å². The molecule has 0 fully saturated rings. The molecule has 2 N–H and O–H groups in total. The van der Waals surface area contributed by atoms with Gasteiger partial charge in [-0.3, -0.25) is 0 Å². The molecule has 0 spiro atoms. The van der Waals surface area contributed by atoms with Crippen LogP contribution in [0.15, 0.2) is 10.3 Å². The van der Waals surface area contributed by atoms with Crippen LogP contribution in [0.2, 0.25) is 0 Å². The van der Waals surface area contributed by atoms with Crippen molar-refractivity contribution < 1.29 is 4.74 Å². The highest BCUT2D eigenvalue weighted by Crippen LogP contribution is 2.20. The van der Waals surface area contributed by atoms with Crippen molar-refractivity contribution in [3.63, 3.8) is 0 Å². The van der Waals surface area contributed by atoms with Crippen LogP contribution in [0.4, 0.5) is 0 Å². The van der Waals surface area contributed by atoms with Crippen LogP contribution in [0.3, 0.4) is 0 Å². The molecule has 0 aromatic carbocycles. The average Bonchev–Trinajstić information content (AvgIpc) is 2.49. The molecule has 0 radical (unpaired) electrons. The summed E-state index contributed by atoms with van der Waals surface area (Å²) in [5.41, 5.74) is 5.59. The maximum atomic E-state index is 5.59. The molecule has 1 aromatic rings. The third-order valence-corrected chi connectivity index (χ3v) is 2.48. The lowest BCUT2D eigenvalue weighted by molar-refractivity contribution is 0.174. The predicted octanol–water partition coefficient (Wildman–Crippen LogP) is -0.349. The number of fused-ring (bicyclic) bond motifs is 1. The number of nitrogens with zero attached hydrogens (tertiary/aromatic N) is 4. The largest absolute Gasteiger partial charge is 0.385 e. The summed E-state index contributed by atoms with van der Waals surface area (Å²) in [6.45, 7) is 0.393. The van der Waals surface area contributed by atoms with Gasteiger partial charge in [0.15, 0.2) is 5.82 Å². The Kier molecular flexibility index (Phi) is 2.19. The van der Waals surface area contributed by atoms with Gasteiger partial charge in [0.05, 0.1) is 5.75 Å². The van der Waals surface area contributed by atoms with Gasteiger partial charge in [-0.1, -0.05) is 11.8 Å². The fraction of sp³-hybridized carbons (Fsp3) is 0.500. The summed E-state index contributed by atoms with van der Waals surface area (Å²) in [6, 6.07) is 0. The zero-order chi connectivity index (χ0) is 9.26. The second-order valence-electron chi connectivity index (χ2n) is 2.52. The standard InChI is InChI=1S/C6H9N5OS/c1-12-2-5-8-9-6-11(5)10-4(7)3-13-6/h2-3H2,1H3,(H2,7,10). The van der Waals surface area contributed by atoms with E-state index in [1.165, 1.54) is 11.8 Å². The third-order valence-electron chi connectivity index (χ3n) is 1.53. The van der Waals surface area contributed by atoms with Crippen molar-refractivity contribution in [2.75, 3.05) is 12.9 Å². The molecule has 13 heavy (non-hydrogen) atoms. The number of rotatable bonds is 2. The van der Waals surface area contributed by atoms with Crippen molar-refractivity contribution in [2.45, 2.75) is 11.8 Å². The second-order valence-corrected chi connectivity index (χ2v) is 3.47. The van der Waals surface area contributed by atoms with Crippen LogP contribution in [0, 0.1) is 0 Å². The lowest BCUT2D eigenvalue weighted by atomic mass is 10.6. The Bertz CT molecular complexity index is 347. The van der Waals surface area contributed by atoms with Gasteiger partial charge in [0.2, 0.25) is 5.16 Å². The van der Waals surface area contributed by atoms with Gasteiger partial charge in [0.1, 0.15) is 12.4 Å². The molecule has 0 unspecified atom stereocenters. The number of hydrogen-bond acceptors (Lipinski definition) is 6. The molecule has 1 aliphatic heterocycles. The van der Waals surface area contributed by atoms with Gasteiger partial charge in [0, 0.05) is 7.11 Å². The number of hydrogen-bond donors (Lipinski definition) is 1. The molecule has 7 heteroatoms. The van der Waals surface area contributed by atoms with E-state index in [1.807, 2.05) is 0 Å². The number of thioether (sulfide) groups is 1. The lowest BCUT2D eigenvalue weighted by Gasteiger charge is -2.09. The van der Waals surface area contributed by atoms with E-state index in [0.717, 1.165) is 5.16 Å². The average molecular weight is 199 g/mol. The first-order valence-corrected chi connectivity index (χ1v) is 4.69. The van der Waals surface area contributed by atoms with Crippen molar-refractivity contribution in [2.24, 2.45) is 10.8 Å². The van der Waals surface area contributed by atoms with Crippen LogP contribution in [-0.2, 0) is 11.3 Å². The number of amidine groups is 1. The molecule has 0 saturated heterocycles. The summed E-state index contributed by atoms with van der Waals surface area (Å²) in [5.74, 6) is 1.92. The maximum absolute atomic E-state index is 5.59. The molecule has 1 aromatic heterocycles. The Morgan fingerprint density at radius 2 is 2.46 bits per heavy atom. The van der Waals surface area contributed by atoms with Gasteiger partial charge < -0.3 is 10.5 Å². The Labute approximate surface area is 79.2 Å². The van der Waals surface area contributed by atoms with E-state index in [-0.39, 0.29) is 0 Å². The fourth-order valence-electron chi connectivity index (χ4n) is 1.00. The number of aromatic nitrogens is 3. The SMILES string of the molecule is COCc1nnc2n1N=C(N)CS2. The first-order valence-electron chi connectivity index (χ1n) is 3.70. The van der Waals surface area contributed by atoms with E-state index >= 15 is 0 Å². The van der Waals surface area contributed by atoms with Gasteiger partial charge in [-0.2, -0.15) is 9.78 Å². The molecule has 70 valence electrons. The van der Waals surface area contributed by atoms with Gasteiger partial charge >= 0.3 is 0 Å². The number of ether oxygens (including phenoxy) is 1. The molecule has 0 amide bonds. The van der Waals surface area contributed by atoms with E-state index in [0.29, 0.717) is 24.0 Å². The minimum Gasteiger partial charge on any atom is -0.385 e. The maximum Gasteiger partial charge on any atom is 0.212 e. The molecule has 0 atom stereocenters. The first-order chi connectivity index (χ1) is 6.31. The highest BCUT2D eigenvalue weighted by atomic mass is 32.2. The summed E-state index contributed by atoms with van der Waals surface area (Å²) < 4.78 is 6.56. The monoisotopic (exact) mass is 199 g/mol. The van der Waals surface area contributed by atoms with Crippen molar-refractivity contribution in [3.05, 3.63) is 5.82 Å². The molecular weight excluding hydrogens is 190 g/mol. The Morgan fingerprint density at radius 1 is 1.62 bits per heavy atom. The molecule has 2 rings (SSSR count). The van der Waals surface area contributed by atoms with Gasteiger partial charge in [-0.25, -0.2) is 0 Å². The summed E-state index contributed by atoms with van der Waals surface area (Å²) in [5, 5.41) is 12.7. The summed E-state index contributed by atoms with van der Waals surface area (Å²) in [4.78, 5) is 0. The Morgan fingerprint density at radius 3 is 3.23 bits per heavy atom. The van der Waals surface area contributed by atoms with Gasteiger partial charge in [-0.15, -0.1) is 10.2 Å². The number of methoxy groups -OCH3 is 1. The molecular formula is C6H9N5OS. The van der Waals surface area contributed by atoms with Crippen molar-refractivity contribution in [1.82, 2.24) is 14.9 Å². The minimum atomic E-state index is 0.393. The van der Waals surface area contributed by atoms with E-state index in [1.54, 1.807) is 11.8 Å². The zero-order valence-electron chi connectivity index (χ0n) is 7.10. The van der Waals surface area contributed by atoms with Crippen LogP contribution in [0.1, 0.15) is 5.82 Å². The molecule has 2 heterocycles. The van der Waals surface area contributed by atoms with Crippen molar-refractivity contribution in [3.8, 4) is 0 Å². The first kappa shape index (κ1) is 8.52. The smallest absolute Gasteiger partial charge is 0.212 e. The zero-order valence-corrected chi connectivity index (χ0v) is 7.91. The third kappa shape index (κ3) is 1.52. The normalized spacial score (nSPS) is 15.3. The van der Waals surface area contributed by atoms with Crippen LogP contribution in [0.25, 0.3) is 0 Å². The molecule has 0 aliphatic carbocycles. The van der Waals surface area contributed by atoms with E-state index in [2.05, 4.69) is 15.3 Å². The minimum absolute atomic E-state index is 0.393. The quantitative estimate of drug-likeness (QED) is 0.704. The van der Waals surface area contributed by atoms with Gasteiger partial charge in [-0.05, 0) is 0 Å². The molecule has 0 bridgehead atoms. The fourth-order valence-corrected chi connectivity index (χ4v) is 1.70. The van der Waals surface area contributed by atoms with Crippen LogP contribution < -0.4 is 5.73 Å². The highest BCUT2D eigenvalue weighted by molar-refractivity contribution is 7.99. The Balaban J connectivity index is 2.37. The molecule has 6 nitrogen and oxygen atoms in total. The van der Waals surface area contributed by atoms with E-state index < -0.39 is 0 Å². The lowest BCUT2D eigenvalue weighted by Crippen LogP contribution is -2.21. The predicted molar refractivity (Wildman–Crippen MR) is 48.5 cm³/mol. The summed E-state index contributed by atoms with van der Waals surface area (Å²) >= 11 is 1.52. The second kappa shape index (κ2) is 3.35. The molecule has 0 saturated carbocycles. The summed E-state index contributed by atoms with van der Waals surface area (Å²) in [7, 11) is 1.60. The van der Waals surface area contributed by atoms with Gasteiger partial charge in [0.25, 0.3) is 0 Å². The number of nitrogens with two attached hydrogens (primary N) is 1. The van der Waals surface area contributed by atoms with E-state index in [9.17, 15) is 0 Å². The van der Waals surface area contributed by atoms with Crippen LogP contribution in [-0.4, -0.2) is 33.6 Å². The Hall–Kier alpha value is -1.08. The van der Waals surface area contributed by atoms with Crippen molar-refractivity contribution in [1.29, 1.82) is 0 Å². The summed E-state index contributed by atoms with van der Waals surface area (Å²) in [6.07, 6.45) is 0. The highest BCUT2D eigenvalue weighted by Gasteiger charge is 2.16. The van der Waals surface area contributed by atoms with Crippen LogP contribution in [0.5, 0.6) is 0 Å². The van der Waals surface area contributed by atoms with E-state index in [4.69, 9.17) is 10.5 Å². The topological polar surface area (TPSA) is 78.3 Å².